The molecule has 0 saturated heterocycles. The van der Waals surface area contributed by atoms with E-state index >= 15 is 0 Å². The van der Waals surface area contributed by atoms with Crippen LogP contribution in [0.4, 0.5) is 4.39 Å². The van der Waals surface area contributed by atoms with Gasteiger partial charge in [0.05, 0.1) is 12.2 Å². The van der Waals surface area contributed by atoms with Gasteiger partial charge in [0, 0.05) is 11.4 Å². The Bertz CT molecular complexity index is 419. The fourth-order valence-electron chi connectivity index (χ4n) is 2.82. The zero-order valence-corrected chi connectivity index (χ0v) is 11.6. The molecule has 0 spiro atoms. The Labute approximate surface area is 118 Å². The molecule has 2 unspecified atom stereocenters. The Morgan fingerprint density at radius 3 is 2.53 bits per heavy atom. The third kappa shape index (κ3) is 3.91. The van der Waals surface area contributed by atoms with Crippen LogP contribution in [0.2, 0.25) is 5.02 Å². The van der Waals surface area contributed by atoms with E-state index in [1.54, 1.807) is 12.1 Å². The first-order chi connectivity index (χ1) is 9.08. The lowest BCUT2D eigenvalue weighted by atomic mass is 9.82. The van der Waals surface area contributed by atoms with Gasteiger partial charge in [0.15, 0.2) is 0 Å². The summed E-state index contributed by atoms with van der Waals surface area (Å²) < 4.78 is 13.6. The van der Waals surface area contributed by atoms with E-state index in [0.29, 0.717) is 10.6 Å². The largest absolute Gasteiger partial charge is 0.390 e. The highest BCUT2D eigenvalue weighted by atomic mass is 35.5. The summed E-state index contributed by atoms with van der Waals surface area (Å²) in [6.45, 7) is 0. The second-order valence-corrected chi connectivity index (χ2v) is 5.83. The van der Waals surface area contributed by atoms with E-state index in [4.69, 9.17) is 11.6 Å². The van der Waals surface area contributed by atoms with Crippen LogP contribution in [0.15, 0.2) is 18.2 Å². The van der Waals surface area contributed by atoms with Crippen molar-refractivity contribution in [3.63, 3.8) is 0 Å². The third-order valence-electron chi connectivity index (χ3n) is 3.97. The van der Waals surface area contributed by atoms with Gasteiger partial charge in [0.2, 0.25) is 0 Å². The molecule has 0 aromatic heterocycles. The number of halogens is 2. The standard InChI is InChI=1S/C15H20ClFO2/c16-12-7-6-11(13(17)9-12)8-14(18)15(19)10-4-2-1-3-5-10/h6-7,9-10,14-15,18-19H,1-5,8H2. The number of hydrogen-bond donors (Lipinski definition) is 2. The van der Waals surface area contributed by atoms with Gasteiger partial charge in [0.1, 0.15) is 5.82 Å². The Morgan fingerprint density at radius 1 is 1.21 bits per heavy atom. The van der Waals surface area contributed by atoms with Crippen LogP contribution >= 0.6 is 11.6 Å². The number of benzene rings is 1. The predicted molar refractivity (Wildman–Crippen MR) is 73.7 cm³/mol. The molecule has 106 valence electrons. The molecule has 0 amide bonds. The molecule has 19 heavy (non-hydrogen) atoms. The molecule has 2 rings (SSSR count). The smallest absolute Gasteiger partial charge is 0.127 e. The van der Waals surface area contributed by atoms with Crippen LogP contribution in [-0.2, 0) is 6.42 Å². The van der Waals surface area contributed by atoms with Crippen LogP contribution in [0.1, 0.15) is 37.7 Å². The van der Waals surface area contributed by atoms with Crippen molar-refractivity contribution in [2.75, 3.05) is 0 Å². The lowest BCUT2D eigenvalue weighted by molar-refractivity contribution is -0.0266. The van der Waals surface area contributed by atoms with E-state index in [2.05, 4.69) is 0 Å². The molecule has 0 heterocycles. The van der Waals surface area contributed by atoms with Crippen LogP contribution in [0.5, 0.6) is 0 Å². The molecule has 1 aromatic rings. The van der Waals surface area contributed by atoms with Crippen LogP contribution in [0.25, 0.3) is 0 Å². The monoisotopic (exact) mass is 286 g/mol. The minimum absolute atomic E-state index is 0.126. The molecule has 0 radical (unpaired) electrons. The lowest BCUT2D eigenvalue weighted by Crippen LogP contribution is -2.36. The number of aliphatic hydroxyl groups excluding tert-OH is 2. The van der Waals surface area contributed by atoms with E-state index in [1.807, 2.05) is 0 Å². The lowest BCUT2D eigenvalue weighted by Gasteiger charge is -2.29. The van der Waals surface area contributed by atoms with Crippen molar-refractivity contribution in [2.45, 2.75) is 50.7 Å². The summed E-state index contributed by atoms with van der Waals surface area (Å²) in [7, 11) is 0. The first-order valence-corrected chi connectivity index (χ1v) is 7.26. The van der Waals surface area contributed by atoms with Crippen molar-refractivity contribution in [3.8, 4) is 0 Å². The van der Waals surface area contributed by atoms with E-state index in [9.17, 15) is 14.6 Å². The normalized spacial score (nSPS) is 20.2. The minimum atomic E-state index is -0.918. The van der Waals surface area contributed by atoms with Crippen molar-refractivity contribution < 1.29 is 14.6 Å². The van der Waals surface area contributed by atoms with Crippen molar-refractivity contribution >= 4 is 11.6 Å². The quantitative estimate of drug-likeness (QED) is 0.891. The van der Waals surface area contributed by atoms with Crippen molar-refractivity contribution in [1.82, 2.24) is 0 Å². The van der Waals surface area contributed by atoms with E-state index < -0.39 is 18.0 Å². The highest BCUT2D eigenvalue weighted by molar-refractivity contribution is 6.30. The summed E-state index contributed by atoms with van der Waals surface area (Å²) in [5.41, 5.74) is 0.395. The summed E-state index contributed by atoms with van der Waals surface area (Å²) >= 11 is 5.69. The van der Waals surface area contributed by atoms with Gasteiger partial charge in [-0.2, -0.15) is 0 Å². The summed E-state index contributed by atoms with van der Waals surface area (Å²) in [5, 5.41) is 20.6. The Balaban J connectivity index is 1.97. The van der Waals surface area contributed by atoms with Crippen molar-refractivity contribution in [3.05, 3.63) is 34.6 Å². The Morgan fingerprint density at radius 2 is 1.89 bits per heavy atom. The van der Waals surface area contributed by atoms with E-state index in [-0.39, 0.29) is 12.3 Å². The molecular formula is C15H20ClFO2. The topological polar surface area (TPSA) is 40.5 Å². The zero-order valence-electron chi connectivity index (χ0n) is 10.9. The fraction of sp³-hybridized carbons (Fsp3) is 0.600. The van der Waals surface area contributed by atoms with Gasteiger partial charge >= 0.3 is 0 Å². The maximum absolute atomic E-state index is 13.6. The van der Waals surface area contributed by atoms with E-state index in [0.717, 1.165) is 25.7 Å². The second kappa shape index (κ2) is 6.69. The molecule has 1 aliphatic rings. The maximum Gasteiger partial charge on any atom is 0.127 e. The number of rotatable bonds is 4. The predicted octanol–water partition coefficient (Wildman–Crippen LogP) is 3.32. The Kier molecular flexibility index (Phi) is 5.20. The summed E-state index contributed by atoms with van der Waals surface area (Å²) in [6, 6.07) is 4.39. The van der Waals surface area contributed by atoms with Gasteiger partial charge in [0.25, 0.3) is 0 Å². The molecule has 2 nitrogen and oxygen atoms in total. The minimum Gasteiger partial charge on any atom is -0.390 e. The molecule has 2 N–H and O–H groups in total. The van der Waals surface area contributed by atoms with Gasteiger partial charge in [-0.15, -0.1) is 0 Å². The van der Waals surface area contributed by atoms with Crippen molar-refractivity contribution in [2.24, 2.45) is 5.92 Å². The van der Waals surface area contributed by atoms with Gasteiger partial charge in [-0.05, 0) is 36.5 Å². The van der Waals surface area contributed by atoms with Gasteiger partial charge in [-0.25, -0.2) is 4.39 Å². The molecule has 0 aliphatic heterocycles. The number of aliphatic hydroxyl groups is 2. The molecule has 1 saturated carbocycles. The molecule has 1 aliphatic carbocycles. The zero-order chi connectivity index (χ0) is 13.8. The van der Waals surface area contributed by atoms with Crippen LogP contribution < -0.4 is 0 Å². The average molecular weight is 287 g/mol. The summed E-state index contributed by atoms with van der Waals surface area (Å²) in [5.74, 6) is -0.290. The van der Waals surface area contributed by atoms with Gasteiger partial charge in [-0.1, -0.05) is 36.9 Å². The highest BCUT2D eigenvalue weighted by Crippen LogP contribution is 2.29. The molecular weight excluding hydrogens is 267 g/mol. The number of hydrogen-bond acceptors (Lipinski definition) is 2. The van der Waals surface area contributed by atoms with Crippen LogP contribution in [-0.4, -0.2) is 22.4 Å². The fourth-order valence-corrected chi connectivity index (χ4v) is 2.98. The van der Waals surface area contributed by atoms with Crippen LogP contribution in [0.3, 0.4) is 0 Å². The molecule has 1 aromatic carbocycles. The molecule has 0 bridgehead atoms. The van der Waals surface area contributed by atoms with Crippen molar-refractivity contribution in [1.29, 1.82) is 0 Å². The average Bonchev–Trinajstić information content (AvgIpc) is 2.42. The third-order valence-corrected chi connectivity index (χ3v) is 4.21. The highest BCUT2D eigenvalue weighted by Gasteiger charge is 2.28. The maximum atomic E-state index is 13.6. The van der Waals surface area contributed by atoms with Gasteiger partial charge in [-0.3, -0.25) is 0 Å². The van der Waals surface area contributed by atoms with Crippen LogP contribution in [0, 0.1) is 11.7 Å². The SMILES string of the molecule is OC(Cc1ccc(Cl)cc1F)C(O)C1CCCCC1. The molecule has 2 atom stereocenters. The Hall–Kier alpha value is -0.640. The second-order valence-electron chi connectivity index (χ2n) is 5.40. The summed E-state index contributed by atoms with van der Waals surface area (Å²) in [4.78, 5) is 0. The van der Waals surface area contributed by atoms with Gasteiger partial charge < -0.3 is 10.2 Å². The summed E-state index contributed by atoms with van der Waals surface area (Å²) in [6.07, 6.45) is 3.73. The molecule has 4 heteroatoms. The molecule has 1 fully saturated rings. The first-order valence-electron chi connectivity index (χ1n) is 6.88. The first kappa shape index (κ1) is 14.8. The van der Waals surface area contributed by atoms with E-state index in [1.165, 1.54) is 12.5 Å².